The van der Waals surface area contributed by atoms with Crippen LogP contribution in [0.1, 0.15) is 49.0 Å². The van der Waals surface area contributed by atoms with E-state index >= 15 is 0 Å². The lowest BCUT2D eigenvalue weighted by Crippen LogP contribution is -2.32. The van der Waals surface area contributed by atoms with E-state index < -0.39 is 0 Å². The van der Waals surface area contributed by atoms with E-state index in [1.165, 1.54) is 38.5 Å². The van der Waals surface area contributed by atoms with E-state index in [-0.39, 0.29) is 5.91 Å². The average molecular weight is 305 g/mol. The predicted octanol–water partition coefficient (Wildman–Crippen LogP) is 1.90. The van der Waals surface area contributed by atoms with Crippen LogP contribution >= 0.6 is 0 Å². The fourth-order valence-electron chi connectivity index (χ4n) is 2.65. The number of carbonyl (C=O) groups excluding carboxylic acids is 1. The van der Waals surface area contributed by atoms with Crippen LogP contribution in [0.5, 0.6) is 0 Å². The second kappa shape index (κ2) is 8.68. The molecule has 22 heavy (non-hydrogen) atoms. The summed E-state index contributed by atoms with van der Waals surface area (Å²) in [7, 11) is 3.94. The molecular formula is C16H27N5O. The van der Waals surface area contributed by atoms with Gasteiger partial charge in [0.15, 0.2) is 5.69 Å². The second-order valence-electron chi connectivity index (χ2n) is 6.20. The van der Waals surface area contributed by atoms with Crippen molar-refractivity contribution in [3.05, 3.63) is 17.8 Å². The van der Waals surface area contributed by atoms with Gasteiger partial charge in [0.05, 0.1) is 0 Å². The zero-order valence-electron chi connectivity index (χ0n) is 13.6. The monoisotopic (exact) mass is 305 g/mol. The average Bonchev–Trinajstić information content (AvgIpc) is 2.76. The Labute approximate surface area is 132 Å². The first-order valence-corrected chi connectivity index (χ1v) is 8.18. The number of anilines is 1. The zero-order valence-corrected chi connectivity index (χ0v) is 13.6. The molecule has 0 aliphatic heterocycles. The Balaban J connectivity index is 1.82. The molecule has 1 aromatic rings. The van der Waals surface area contributed by atoms with Crippen molar-refractivity contribution in [1.29, 1.82) is 0 Å². The molecule has 6 heteroatoms. The summed E-state index contributed by atoms with van der Waals surface area (Å²) in [6.45, 7) is 1.41. The second-order valence-corrected chi connectivity index (χ2v) is 6.20. The fourth-order valence-corrected chi connectivity index (χ4v) is 2.65. The molecule has 0 atom stereocenters. The van der Waals surface area contributed by atoms with Crippen molar-refractivity contribution in [3.8, 4) is 0 Å². The summed E-state index contributed by atoms with van der Waals surface area (Å²) in [5, 5.41) is 14.4. The lowest BCUT2D eigenvalue weighted by molar-refractivity contribution is 0.0945. The number of hydrogen-bond donors (Lipinski definition) is 2. The van der Waals surface area contributed by atoms with E-state index in [9.17, 15) is 4.79 Å². The van der Waals surface area contributed by atoms with E-state index in [0.29, 0.717) is 18.3 Å². The van der Waals surface area contributed by atoms with Gasteiger partial charge in [0.25, 0.3) is 5.91 Å². The van der Waals surface area contributed by atoms with Crippen molar-refractivity contribution in [2.24, 2.45) is 0 Å². The van der Waals surface area contributed by atoms with Gasteiger partial charge in [-0.3, -0.25) is 4.79 Å². The highest BCUT2D eigenvalue weighted by atomic mass is 16.1. The molecule has 0 saturated heterocycles. The molecule has 1 fully saturated rings. The van der Waals surface area contributed by atoms with Crippen molar-refractivity contribution in [3.63, 3.8) is 0 Å². The van der Waals surface area contributed by atoms with E-state index in [4.69, 9.17) is 0 Å². The van der Waals surface area contributed by atoms with E-state index in [2.05, 4.69) is 20.8 Å². The first-order valence-electron chi connectivity index (χ1n) is 8.18. The third kappa shape index (κ3) is 5.60. The Hall–Kier alpha value is -1.69. The lowest BCUT2D eigenvalue weighted by atomic mass is 10.1. The molecule has 122 valence electrons. The van der Waals surface area contributed by atoms with Gasteiger partial charge >= 0.3 is 0 Å². The van der Waals surface area contributed by atoms with E-state index in [0.717, 1.165) is 12.4 Å². The van der Waals surface area contributed by atoms with Gasteiger partial charge in [-0.1, -0.05) is 25.7 Å². The molecular weight excluding hydrogens is 278 g/mol. The van der Waals surface area contributed by atoms with Crippen LogP contribution < -0.4 is 10.6 Å². The minimum absolute atomic E-state index is 0.171. The molecule has 1 saturated carbocycles. The Morgan fingerprint density at radius 1 is 1.18 bits per heavy atom. The van der Waals surface area contributed by atoms with Crippen molar-refractivity contribution in [1.82, 2.24) is 20.4 Å². The summed E-state index contributed by atoms with van der Waals surface area (Å²) in [5.74, 6) is 0.590. The zero-order chi connectivity index (χ0) is 15.8. The van der Waals surface area contributed by atoms with Gasteiger partial charge < -0.3 is 15.5 Å². The molecule has 6 nitrogen and oxygen atoms in total. The largest absolute Gasteiger partial charge is 0.366 e. The highest BCUT2D eigenvalue weighted by molar-refractivity contribution is 5.92. The van der Waals surface area contributed by atoms with Gasteiger partial charge in [0.2, 0.25) is 0 Å². The van der Waals surface area contributed by atoms with Crippen LogP contribution in [0.3, 0.4) is 0 Å². The van der Waals surface area contributed by atoms with Gasteiger partial charge in [0, 0.05) is 19.1 Å². The summed E-state index contributed by atoms with van der Waals surface area (Å²) in [4.78, 5) is 13.9. The number of hydrogen-bond acceptors (Lipinski definition) is 5. The summed E-state index contributed by atoms with van der Waals surface area (Å²) in [5.41, 5.74) is 0.366. The smallest absolute Gasteiger partial charge is 0.271 e. The maximum absolute atomic E-state index is 11.9. The number of rotatable bonds is 6. The Kier molecular flexibility index (Phi) is 6.58. The SMILES string of the molecule is CN(C)CCNC(=O)c1ccc(NC2CCCCCC2)nn1. The standard InChI is InChI=1S/C16H27N5O/c1-21(2)12-11-17-16(22)14-9-10-15(20-19-14)18-13-7-5-3-4-6-8-13/h9-10,13H,3-8,11-12H2,1-2H3,(H,17,22)(H,18,20). The highest BCUT2D eigenvalue weighted by Gasteiger charge is 2.13. The highest BCUT2D eigenvalue weighted by Crippen LogP contribution is 2.20. The van der Waals surface area contributed by atoms with Crippen LogP contribution in [0.15, 0.2) is 12.1 Å². The first kappa shape index (κ1) is 16.7. The molecule has 1 heterocycles. The number of likely N-dealkylation sites (N-methyl/N-ethyl adjacent to an activating group) is 1. The maximum Gasteiger partial charge on any atom is 0.271 e. The van der Waals surface area contributed by atoms with E-state index in [1.807, 2.05) is 25.1 Å². The molecule has 0 spiro atoms. The molecule has 1 amide bonds. The van der Waals surface area contributed by atoms with Gasteiger partial charge in [-0.2, -0.15) is 0 Å². The number of nitrogens with one attached hydrogen (secondary N) is 2. The molecule has 1 aliphatic rings. The third-order valence-corrected chi connectivity index (χ3v) is 3.95. The Morgan fingerprint density at radius 2 is 1.91 bits per heavy atom. The van der Waals surface area contributed by atoms with Crippen LogP contribution in [0.4, 0.5) is 5.82 Å². The first-order chi connectivity index (χ1) is 10.6. The Bertz CT molecular complexity index is 452. The van der Waals surface area contributed by atoms with Crippen LogP contribution in [0.25, 0.3) is 0 Å². The number of aromatic nitrogens is 2. The summed E-state index contributed by atoms with van der Waals surface area (Å²) in [6.07, 6.45) is 7.59. The van der Waals surface area contributed by atoms with E-state index in [1.54, 1.807) is 6.07 Å². The van der Waals surface area contributed by atoms with Crippen LogP contribution in [0.2, 0.25) is 0 Å². The van der Waals surface area contributed by atoms with Crippen molar-refractivity contribution < 1.29 is 4.79 Å². The summed E-state index contributed by atoms with van der Waals surface area (Å²) >= 11 is 0. The number of amides is 1. The van der Waals surface area contributed by atoms with Gasteiger partial charge in [-0.05, 0) is 39.1 Å². The molecule has 0 bridgehead atoms. The minimum Gasteiger partial charge on any atom is -0.366 e. The Morgan fingerprint density at radius 3 is 2.50 bits per heavy atom. The van der Waals surface area contributed by atoms with Crippen molar-refractivity contribution >= 4 is 11.7 Å². The molecule has 0 aromatic carbocycles. The molecule has 2 N–H and O–H groups in total. The van der Waals surface area contributed by atoms with Gasteiger partial charge in [-0.15, -0.1) is 10.2 Å². The number of nitrogens with zero attached hydrogens (tertiary/aromatic N) is 3. The normalized spacial score (nSPS) is 16.3. The van der Waals surface area contributed by atoms with Gasteiger partial charge in [-0.25, -0.2) is 0 Å². The fraction of sp³-hybridized carbons (Fsp3) is 0.688. The molecule has 0 unspecified atom stereocenters. The van der Waals surface area contributed by atoms with Crippen LogP contribution in [0, 0.1) is 0 Å². The predicted molar refractivity (Wildman–Crippen MR) is 88.0 cm³/mol. The van der Waals surface area contributed by atoms with Gasteiger partial charge in [0.1, 0.15) is 5.82 Å². The summed E-state index contributed by atoms with van der Waals surface area (Å²) < 4.78 is 0. The van der Waals surface area contributed by atoms with Crippen LogP contribution in [-0.4, -0.2) is 54.2 Å². The molecule has 1 aromatic heterocycles. The minimum atomic E-state index is -0.171. The topological polar surface area (TPSA) is 70.2 Å². The lowest BCUT2D eigenvalue weighted by Gasteiger charge is -2.16. The molecule has 2 rings (SSSR count). The summed E-state index contributed by atoms with van der Waals surface area (Å²) in [6, 6.07) is 4.06. The van der Waals surface area contributed by atoms with Crippen molar-refractivity contribution in [2.45, 2.75) is 44.6 Å². The molecule has 0 radical (unpaired) electrons. The molecule has 1 aliphatic carbocycles. The van der Waals surface area contributed by atoms with Crippen LogP contribution in [-0.2, 0) is 0 Å². The van der Waals surface area contributed by atoms with Crippen molar-refractivity contribution in [2.75, 3.05) is 32.5 Å². The maximum atomic E-state index is 11.9. The quantitative estimate of drug-likeness (QED) is 0.786. The number of carbonyl (C=O) groups is 1. The third-order valence-electron chi connectivity index (χ3n) is 3.95.